The molecule has 2 heterocycles. The van der Waals surface area contributed by atoms with Gasteiger partial charge in [-0.15, -0.1) is 11.3 Å². The molecule has 1 aliphatic rings. The first-order chi connectivity index (χ1) is 17.1. The molecule has 0 spiro atoms. The van der Waals surface area contributed by atoms with E-state index in [1.54, 1.807) is 0 Å². The van der Waals surface area contributed by atoms with E-state index < -0.39 is 0 Å². The number of hydrogen-bond donors (Lipinski definition) is 0. The SMILES string of the molecule is CC1(C)c2ccccc2-c2c1ccc1c2sc2c1ccc1c2c2ccccc2n1-c1ccccc1. The summed E-state index contributed by atoms with van der Waals surface area (Å²) in [6.07, 6.45) is 0. The lowest BCUT2D eigenvalue weighted by Crippen LogP contribution is -2.14. The Kier molecular flexibility index (Phi) is 3.67. The van der Waals surface area contributed by atoms with Crippen LogP contribution in [0.5, 0.6) is 0 Å². The molecule has 1 nitrogen and oxygen atoms in total. The maximum atomic E-state index is 2.41. The lowest BCUT2D eigenvalue weighted by atomic mass is 9.82. The van der Waals surface area contributed by atoms with E-state index >= 15 is 0 Å². The van der Waals surface area contributed by atoms with Crippen LogP contribution in [-0.4, -0.2) is 4.57 Å². The van der Waals surface area contributed by atoms with Crippen LogP contribution in [0.2, 0.25) is 0 Å². The number of aromatic nitrogens is 1. The third kappa shape index (κ3) is 2.38. The normalized spacial score (nSPS) is 14.2. The largest absolute Gasteiger partial charge is 0.309 e. The van der Waals surface area contributed by atoms with Crippen molar-refractivity contribution >= 4 is 53.3 Å². The average Bonchev–Trinajstić information content (AvgIpc) is 3.51. The molecule has 0 saturated carbocycles. The van der Waals surface area contributed by atoms with Gasteiger partial charge in [0.15, 0.2) is 0 Å². The molecule has 0 amide bonds. The molecule has 166 valence electrons. The third-order valence-corrected chi connectivity index (χ3v) is 9.26. The molecule has 1 aliphatic carbocycles. The van der Waals surface area contributed by atoms with Gasteiger partial charge in [0.25, 0.3) is 0 Å². The number of thiophene rings is 1. The number of rotatable bonds is 1. The molecule has 0 bridgehead atoms. The van der Waals surface area contributed by atoms with Crippen molar-refractivity contribution in [3.8, 4) is 16.8 Å². The number of para-hydroxylation sites is 2. The molecule has 35 heavy (non-hydrogen) atoms. The van der Waals surface area contributed by atoms with Crippen molar-refractivity contribution in [1.82, 2.24) is 4.57 Å². The molecule has 0 unspecified atom stereocenters. The van der Waals surface area contributed by atoms with Crippen LogP contribution >= 0.6 is 11.3 Å². The van der Waals surface area contributed by atoms with E-state index in [1.165, 1.54) is 69.9 Å². The molecule has 0 fully saturated rings. The average molecular weight is 466 g/mol. The second-order valence-electron chi connectivity index (χ2n) is 10.2. The molecule has 0 saturated heterocycles. The summed E-state index contributed by atoms with van der Waals surface area (Å²) in [5.41, 5.74) is 9.47. The Bertz CT molecular complexity index is 1970. The minimum absolute atomic E-state index is 0.0228. The molecular formula is C33H23NS. The van der Waals surface area contributed by atoms with Crippen LogP contribution in [0.25, 0.3) is 58.8 Å². The topological polar surface area (TPSA) is 4.93 Å². The quantitative estimate of drug-likeness (QED) is 0.227. The number of fused-ring (bicyclic) bond motifs is 11. The highest BCUT2D eigenvalue weighted by atomic mass is 32.1. The summed E-state index contributed by atoms with van der Waals surface area (Å²) < 4.78 is 5.22. The van der Waals surface area contributed by atoms with E-state index in [-0.39, 0.29) is 5.41 Å². The summed E-state index contributed by atoms with van der Waals surface area (Å²) in [4.78, 5) is 0. The highest BCUT2D eigenvalue weighted by Crippen LogP contribution is 2.54. The fourth-order valence-electron chi connectivity index (χ4n) is 6.38. The first kappa shape index (κ1) is 19.4. The third-order valence-electron chi connectivity index (χ3n) is 8.00. The minimum atomic E-state index is 0.0228. The Morgan fingerprint density at radius 3 is 2.17 bits per heavy atom. The van der Waals surface area contributed by atoms with E-state index in [1.807, 2.05) is 11.3 Å². The van der Waals surface area contributed by atoms with Gasteiger partial charge in [-0.25, -0.2) is 0 Å². The second kappa shape index (κ2) is 6.62. The molecule has 0 atom stereocenters. The van der Waals surface area contributed by atoms with Gasteiger partial charge < -0.3 is 4.57 Å². The van der Waals surface area contributed by atoms with Crippen molar-refractivity contribution < 1.29 is 0 Å². The Labute approximate surface area is 207 Å². The summed E-state index contributed by atoms with van der Waals surface area (Å²) in [5.74, 6) is 0. The van der Waals surface area contributed by atoms with Crippen molar-refractivity contribution in [2.75, 3.05) is 0 Å². The molecular weight excluding hydrogens is 442 g/mol. The predicted octanol–water partition coefficient (Wildman–Crippen LogP) is 9.46. The van der Waals surface area contributed by atoms with Crippen molar-refractivity contribution in [2.24, 2.45) is 0 Å². The number of benzene rings is 5. The van der Waals surface area contributed by atoms with Gasteiger partial charge in [0, 0.05) is 47.6 Å². The summed E-state index contributed by atoms with van der Waals surface area (Å²) in [6, 6.07) is 38.0. The van der Waals surface area contributed by atoms with Gasteiger partial charge in [0.1, 0.15) is 0 Å². The van der Waals surface area contributed by atoms with Gasteiger partial charge in [-0.3, -0.25) is 0 Å². The van der Waals surface area contributed by atoms with Gasteiger partial charge in [0.2, 0.25) is 0 Å². The fraction of sp³-hybridized carbons (Fsp3) is 0.0909. The molecule has 2 heteroatoms. The summed E-state index contributed by atoms with van der Waals surface area (Å²) in [5, 5.41) is 5.41. The summed E-state index contributed by atoms with van der Waals surface area (Å²) in [7, 11) is 0. The first-order valence-electron chi connectivity index (χ1n) is 12.2. The zero-order chi connectivity index (χ0) is 23.3. The van der Waals surface area contributed by atoms with Crippen molar-refractivity contribution in [2.45, 2.75) is 19.3 Å². The fourth-order valence-corrected chi connectivity index (χ4v) is 7.80. The summed E-state index contributed by atoms with van der Waals surface area (Å²) in [6.45, 7) is 4.73. The first-order valence-corrected chi connectivity index (χ1v) is 13.0. The lowest BCUT2D eigenvalue weighted by molar-refractivity contribution is 0.661. The van der Waals surface area contributed by atoms with Crippen molar-refractivity contribution in [1.29, 1.82) is 0 Å². The van der Waals surface area contributed by atoms with Crippen LogP contribution in [0.15, 0.2) is 103 Å². The monoisotopic (exact) mass is 465 g/mol. The van der Waals surface area contributed by atoms with Crippen LogP contribution in [-0.2, 0) is 5.41 Å². The maximum Gasteiger partial charge on any atom is 0.0555 e. The van der Waals surface area contributed by atoms with E-state index in [0.29, 0.717) is 0 Å². The summed E-state index contributed by atoms with van der Waals surface area (Å²) >= 11 is 1.97. The highest BCUT2D eigenvalue weighted by molar-refractivity contribution is 7.27. The van der Waals surface area contributed by atoms with E-state index in [4.69, 9.17) is 0 Å². The van der Waals surface area contributed by atoms with Gasteiger partial charge >= 0.3 is 0 Å². The number of hydrogen-bond acceptors (Lipinski definition) is 1. The maximum absolute atomic E-state index is 2.41. The van der Waals surface area contributed by atoms with E-state index in [9.17, 15) is 0 Å². The Hall–Kier alpha value is -3.88. The van der Waals surface area contributed by atoms with Crippen LogP contribution in [0.4, 0.5) is 0 Å². The smallest absolute Gasteiger partial charge is 0.0555 e. The highest BCUT2D eigenvalue weighted by Gasteiger charge is 2.36. The van der Waals surface area contributed by atoms with Crippen molar-refractivity contribution in [3.63, 3.8) is 0 Å². The van der Waals surface area contributed by atoms with E-state index in [0.717, 1.165) is 0 Å². The molecule has 5 aromatic carbocycles. The Morgan fingerprint density at radius 1 is 0.571 bits per heavy atom. The Balaban J connectivity index is 1.56. The second-order valence-corrected chi connectivity index (χ2v) is 11.2. The zero-order valence-electron chi connectivity index (χ0n) is 19.7. The molecule has 8 rings (SSSR count). The van der Waals surface area contributed by atoms with Crippen LogP contribution < -0.4 is 0 Å². The predicted molar refractivity (Wildman–Crippen MR) is 151 cm³/mol. The molecule has 0 radical (unpaired) electrons. The molecule has 0 aliphatic heterocycles. The van der Waals surface area contributed by atoms with Gasteiger partial charge in [0.05, 0.1) is 11.0 Å². The number of nitrogens with zero attached hydrogens (tertiary/aromatic N) is 1. The van der Waals surface area contributed by atoms with Crippen LogP contribution in [0.1, 0.15) is 25.0 Å². The van der Waals surface area contributed by atoms with Crippen molar-refractivity contribution in [3.05, 3.63) is 114 Å². The Morgan fingerprint density at radius 2 is 1.29 bits per heavy atom. The molecule has 0 N–H and O–H groups in total. The lowest BCUT2D eigenvalue weighted by Gasteiger charge is -2.21. The van der Waals surface area contributed by atoms with Gasteiger partial charge in [-0.2, -0.15) is 0 Å². The van der Waals surface area contributed by atoms with Gasteiger partial charge in [-0.1, -0.05) is 92.7 Å². The standard InChI is InChI=1S/C33H23NS/c1-33(2)25-14-8-6-12-23(25)29-26(33)18-16-21-22-17-19-28-30(32(22)35-31(21)29)24-13-7-9-15-27(24)34(28)20-10-4-3-5-11-20/h3-19H,1-2H3. The van der Waals surface area contributed by atoms with Crippen LogP contribution in [0, 0.1) is 0 Å². The van der Waals surface area contributed by atoms with E-state index in [2.05, 4.69) is 122 Å². The molecule has 7 aromatic rings. The minimum Gasteiger partial charge on any atom is -0.309 e. The zero-order valence-corrected chi connectivity index (χ0v) is 20.5. The molecule has 2 aromatic heterocycles. The van der Waals surface area contributed by atoms with Gasteiger partial charge in [-0.05, 0) is 41.0 Å². The van der Waals surface area contributed by atoms with Crippen LogP contribution in [0.3, 0.4) is 0 Å².